The van der Waals surface area contributed by atoms with Gasteiger partial charge in [-0.05, 0) is 41.5 Å². The highest BCUT2D eigenvalue weighted by Crippen LogP contribution is 2.27. The van der Waals surface area contributed by atoms with E-state index >= 15 is 0 Å². The first kappa shape index (κ1) is 11.0. The van der Waals surface area contributed by atoms with Gasteiger partial charge in [-0.2, -0.15) is 0 Å². The Balaban J connectivity index is 2.76. The summed E-state index contributed by atoms with van der Waals surface area (Å²) in [6, 6.07) is 0. The molecule has 78 valence electrons. The summed E-state index contributed by atoms with van der Waals surface area (Å²) in [6.45, 7) is 14.7. The number of rotatable bonds is 0. The maximum Gasteiger partial charge on any atom is 0.114 e. The smallest absolute Gasteiger partial charge is 0.114 e. The topological polar surface area (TPSA) is 15.7 Å². The van der Waals surface area contributed by atoms with Crippen LogP contribution in [0, 0.1) is 0 Å². The monoisotopic (exact) mass is 186 g/mol. The van der Waals surface area contributed by atoms with Crippen molar-refractivity contribution in [3.05, 3.63) is 0 Å². The molecule has 0 aliphatic carbocycles. The van der Waals surface area contributed by atoms with Gasteiger partial charge in [0.05, 0.1) is 0 Å². The Labute approximate surface area is 81.6 Å². The van der Waals surface area contributed by atoms with E-state index in [0.29, 0.717) is 13.5 Å². The Hall–Kier alpha value is -0.120. The zero-order valence-electron chi connectivity index (χ0n) is 9.72. The van der Waals surface area contributed by atoms with Gasteiger partial charge in [-0.3, -0.25) is 0 Å². The van der Waals surface area contributed by atoms with E-state index in [1.807, 2.05) is 0 Å². The quantitative estimate of drug-likeness (QED) is 0.576. The van der Waals surface area contributed by atoms with E-state index in [1.165, 1.54) is 0 Å². The van der Waals surface area contributed by atoms with Crippen molar-refractivity contribution in [2.75, 3.05) is 13.5 Å². The number of hydrogen-bond donors (Lipinski definition) is 0. The summed E-state index contributed by atoms with van der Waals surface area (Å²) in [5.41, 5.74) is 0.285. The molecule has 0 aromatic carbocycles. The normalized spacial score (nSPS) is 22.6. The van der Waals surface area contributed by atoms with Crippen LogP contribution in [0.1, 0.15) is 41.5 Å². The fourth-order valence-corrected chi connectivity index (χ4v) is 1.46. The molecule has 1 aliphatic heterocycles. The van der Waals surface area contributed by atoms with Crippen LogP contribution >= 0.6 is 0 Å². The Morgan fingerprint density at radius 2 is 1.08 bits per heavy atom. The van der Waals surface area contributed by atoms with Gasteiger partial charge in [-0.1, -0.05) is 0 Å². The molecule has 1 fully saturated rings. The van der Waals surface area contributed by atoms with Gasteiger partial charge in [0.1, 0.15) is 13.5 Å². The van der Waals surface area contributed by atoms with Gasteiger partial charge in [0, 0.05) is 11.1 Å². The zero-order valence-corrected chi connectivity index (χ0v) is 9.72. The maximum atomic E-state index is 5.47. The molecule has 0 amide bonds. The minimum Gasteiger partial charge on any atom is -0.348 e. The van der Waals surface area contributed by atoms with Crippen molar-refractivity contribution in [3.8, 4) is 0 Å². The lowest BCUT2D eigenvalue weighted by Crippen LogP contribution is -2.55. The van der Waals surface area contributed by atoms with E-state index in [2.05, 4.69) is 51.6 Å². The highest BCUT2D eigenvalue weighted by Gasteiger charge is 2.37. The largest absolute Gasteiger partial charge is 0.348 e. The molecule has 3 heteroatoms. The predicted octanol–water partition coefficient (Wildman–Crippen LogP) is 2.05. The molecule has 0 atom stereocenters. The average molecular weight is 186 g/mol. The summed E-state index contributed by atoms with van der Waals surface area (Å²) >= 11 is 0. The van der Waals surface area contributed by atoms with Crippen LogP contribution in [0.3, 0.4) is 0 Å². The fraction of sp³-hybridized carbons (Fsp3) is 1.00. The summed E-state index contributed by atoms with van der Waals surface area (Å²) in [4.78, 5) is 0. The number of hydrazine groups is 1. The zero-order chi connectivity index (χ0) is 10.3. The van der Waals surface area contributed by atoms with Crippen molar-refractivity contribution in [2.45, 2.75) is 52.6 Å². The van der Waals surface area contributed by atoms with Crippen LogP contribution in [0.15, 0.2) is 0 Å². The second-order valence-electron chi connectivity index (χ2n) is 5.60. The molecule has 0 unspecified atom stereocenters. The van der Waals surface area contributed by atoms with Crippen molar-refractivity contribution in [3.63, 3.8) is 0 Å². The van der Waals surface area contributed by atoms with Gasteiger partial charge in [0.2, 0.25) is 0 Å². The molecule has 1 aliphatic rings. The lowest BCUT2D eigenvalue weighted by Gasteiger charge is -2.43. The van der Waals surface area contributed by atoms with Gasteiger partial charge in [0.15, 0.2) is 0 Å². The Kier molecular flexibility index (Phi) is 2.72. The van der Waals surface area contributed by atoms with E-state index in [-0.39, 0.29) is 11.1 Å². The van der Waals surface area contributed by atoms with Crippen molar-refractivity contribution < 1.29 is 4.74 Å². The fourth-order valence-electron chi connectivity index (χ4n) is 1.46. The van der Waals surface area contributed by atoms with Gasteiger partial charge in [-0.15, -0.1) is 0 Å². The van der Waals surface area contributed by atoms with Gasteiger partial charge >= 0.3 is 0 Å². The first-order valence-corrected chi connectivity index (χ1v) is 4.86. The second-order valence-corrected chi connectivity index (χ2v) is 5.60. The van der Waals surface area contributed by atoms with Gasteiger partial charge < -0.3 is 4.74 Å². The summed E-state index contributed by atoms with van der Waals surface area (Å²) in [5, 5.41) is 4.57. The van der Waals surface area contributed by atoms with Crippen LogP contribution in [0.25, 0.3) is 0 Å². The molecular weight excluding hydrogens is 164 g/mol. The van der Waals surface area contributed by atoms with Crippen molar-refractivity contribution >= 4 is 0 Å². The molecule has 0 spiro atoms. The van der Waals surface area contributed by atoms with Crippen molar-refractivity contribution in [2.24, 2.45) is 0 Å². The summed E-state index contributed by atoms with van der Waals surface area (Å²) < 4.78 is 5.47. The lowest BCUT2D eigenvalue weighted by atomic mass is 10.1. The average Bonchev–Trinajstić information content (AvgIpc) is 2.27. The van der Waals surface area contributed by atoms with E-state index in [0.717, 1.165) is 0 Å². The standard InChI is InChI=1S/C10H22N2O/c1-9(2,3)11-7-13-8-12(11)10(4,5)6/h7-8H2,1-6H3. The molecule has 0 aromatic heterocycles. The molecule has 3 nitrogen and oxygen atoms in total. The molecule has 0 saturated carbocycles. The van der Waals surface area contributed by atoms with E-state index in [1.54, 1.807) is 0 Å². The first-order chi connectivity index (χ1) is 5.73. The van der Waals surface area contributed by atoms with E-state index in [9.17, 15) is 0 Å². The Morgan fingerprint density at radius 3 is 1.31 bits per heavy atom. The van der Waals surface area contributed by atoms with Crippen molar-refractivity contribution in [1.29, 1.82) is 0 Å². The maximum absolute atomic E-state index is 5.47. The van der Waals surface area contributed by atoms with Gasteiger partial charge in [-0.25, -0.2) is 10.0 Å². The minimum absolute atomic E-state index is 0.143. The van der Waals surface area contributed by atoms with Crippen LogP contribution in [-0.4, -0.2) is 34.6 Å². The van der Waals surface area contributed by atoms with Crippen LogP contribution in [0.4, 0.5) is 0 Å². The molecule has 1 rings (SSSR count). The number of ether oxygens (including phenoxy) is 1. The third-order valence-corrected chi connectivity index (χ3v) is 2.27. The number of hydrogen-bond acceptors (Lipinski definition) is 3. The second kappa shape index (κ2) is 3.23. The predicted molar refractivity (Wildman–Crippen MR) is 54.0 cm³/mol. The highest BCUT2D eigenvalue weighted by atomic mass is 16.5. The molecule has 0 N–H and O–H groups in total. The molecule has 1 saturated heterocycles. The molecular formula is C10H22N2O. The third-order valence-electron chi connectivity index (χ3n) is 2.27. The van der Waals surface area contributed by atoms with Crippen LogP contribution in [-0.2, 0) is 4.74 Å². The Morgan fingerprint density at radius 1 is 0.769 bits per heavy atom. The third kappa shape index (κ3) is 2.42. The first-order valence-electron chi connectivity index (χ1n) is 4.86. The van der Waals surface area contributed by atoms with Crippen LogP contribution < -0.4 is 0 Å². The number of nitrogens with zero attached hydrogens (tertiary/aromatic N) is 2. The van der Waals surface area contributed by atoms with Crippen LogP contribution in [0.5, 0.6) is 0 Å². The molecule has 0 aromatic rings. The lowest BCUT2D eigenvalue weighted by molar-refractivity contribution is -0.103. The van der Waals surface area contributed by atoms with Gasteiger partial charge in [0.25, 0.3) is 0 Å². The van der Waals surface area contributed by atoms with E-state index in [4.69, 9.17) is 4.74 Å². The summed E-state index contributed by atoms with van der Waals surface area (Å²) in [7, 11) is 0. The SMILES string of the molecule is CC(C)(C)N1COCN1C(C)(C)C. The van der Waals surface area contributed by atoms with Crippen LogP contribution in [0.2, 0.25) is 0 Å². The molecule has 13 heavy (non-hydrogen) atoms. The molecule has 0 radical (unpaired) electrons. The highest BCUT2D eigenvalue weighted by molar-refractivity contribution is 4.81. The van der Waals surface area contributed by atoms with Crippen molar-refractivity contribution in [1.82, 2.24) is 10.0 Å². The summed E-state index contributed by atoms with van der Waals surface area (Å²) in [5.74, 6) is 0. The Bertz CT molecular complexity index is 158. The minimum atomic E-state index is 0.143. The molecule has 1 heterocycles. The van der Waals surface area contributed by atoms with E-state index < -0.39 is 0 Å². The molecule has 0 bridgehead atoms. The summed E-state index contributed by atoms with van der Waals surface area (Å²) in [6.07, 6.45) is 0.